The first-order chi connectivity index (χ1) is 6.81. The Morgan fingerprint density at radius 3 is 3.07 bits per heavy atom. The van der Waals surface area contributed by atoms with Gasteiger partial charge < -0.3 is 14.3 Å². The van der Waals surface area contributed by atoms with Gasteiger partial charge in [0.05, 0.1) is 18.4 Å². The summed E-state index contributed by atoms with van der Waals surface area (Å²) in [6.45, 7) is 0.582. The zero-order chi connectivity index (χ0) is 9.97. The third kappa shape index (κ3) is 1.71. The van der Waals surface area contributed by atoms with Crippen LogP contribution in [0.2, 0.25) is 0 Å². The lowest BCUT2D eigenvalue weighted by Crippen LogP contribution is -2.06. The average Bonchev–Trinajstić information content (AvgIpc) is 2.74. The fraction of sp³-hybridized carbons (Fsp3) is 0.250. The van der Waals surface area contributed by atoms with E-state index in [1.165, 1.54) is 0 Å². The van der Waals surface area contributed by atoms with E-state index >= 15 is 0 Å². The number of hydrogen-bond donors (Lipinski definition) is 1. The minimum atomic E-state index is 0.455. The Morgan fingerprint density at radius 2 is 2.43 bits per heavy atom. The van der Waals surface area contributed by atoms with Gasteiger partial charge in [0.2, 0.25) is 0 Å². The number of nitrogens with one attached hydrogen (secondary N) is 1. The standard InChI is InChI=1S/C8H8BrN3O2/c1-10-4-6-11-8(14-12-6)5-2-3-13-7(5)9/h2-3,10H,4H2,1H3. The number of hydrogen-bond acceptors (Lipinski definition) is 5. The summed E-state index contributed by atoms with van der Waals surface area (Å²) >= 11 is 3.24. The van der Waals surface area contributed by atoms with Crippen molar-refractivity contribution in [3.63, 3.8) is 0 Å². The van der Waals surface area contributed by atoms with Gasteiger partial charge in [-0.2, -0.15) is 4.98 Å². The first-order valence-corrected chi connectivity index (χ1v) is 4.81. The molecule has 0 fully saturated rings. The van der Waals surface area contributed by atoms with Crippen LogP contribution >= 0.6 is 15.9 Å². The molecular formula is C8H8BrN3O2. The molecule has 2 aromatic heterocycles. The number of halogens is 1. The van der Waals surface area contributed by atoms with Crippen LogP contribution in [0.4, 0.5) is 0 Å². The van der Waals surface area contributed by atoms with E-state index < -0.39 is 0 Å². The van der Waals surface area contributed by atoms with Gasteiger partial charge in [0.1, 0.15) is 0 Å². The van der Waals surface area contributed by atoms with Crippen LogP contribution in [-0.2, 0) is 6.54 Å². The van der Waals surface area contributed by atoms with Gasteiger partial charge in [-0.1, -0.05) is 5.16 Å². The van der Waals surface area contributed by atoms with E-state index in [2.05, 4.69) is 31.4 Å². The van der Waals surface area contributed by atoms with E-state index in [0.717, 1.165) is 5.56 Å². The van der Waals surface area contributed by atoms with Crippen molar-refractivity contribution in [1.82, 2.24) is 15.5 Å². The monoisotopic (exact) mass is 257 g/mol. The molecule has 0 saturated carbocycles. The molecule has 6 heteroatoms. The molecule has 14 heavy (non-hydrogen) atoms. The topological polar surface area (TPSA) is 64.1 Å². The Balaban J connectivity index is 2.29. The molecule has 0 aromatic carbocycles. The van der Waals surface area contributed by atoms with Gasteiger partial charge in [-0.25, -0.2) is 0 Å². The van der Waals surface area contributed by atoms with Crippen LogP contribution in [0.1, 0.15) is 5.82 Å². The molecule has 2 heterocycles. The summed E-state index contributed by atoms with van der Waals surface area (Å²) in [5, 5.41) is 6.73. The Hall–Kier alpha value is -1.14. The summed E-state index contributed by atoms with van der Waals surface area (Å²) in [7, 11) is 1.82. The van der Waals surface area contributed by atoms with Crippen molar-refractivity contribution in [2.75, 3.05) is 7.05 Å². The summed E-state index contributed by atoms with van der Waals surface area (Å²) in [5.74, 6) is 1.08. The van der Waals surface area contributed by atoms with E-state index in [-0.39, 0.29) is 0 Å². The highest BCUT2D eigenvalue weighted by molar-refractivity contribution is 9.10. The summed E-state index contributed by atoms with van der Waals surface area (Å²) in [6, 6.07) is 1.76. The van der Waals surface area contributed by atoms with E-state index in [4.69, 9.17) is 8.94 Å². The van der Waals surface area contributed by atoms with Crippen molar-refractivity contribution in [3.8, 4) is 11.5 Å². The van der Waals surface area contributed by atoms with E-state index in [9.17, 15) is 0 Å². The molecule has 0 spiro atoms. The van der Waals surface area contributed by atoms with Crippen molar-refractivity contribution < 1.29 is 8.94 Å². The fourth-order valence-electron chi connectivity index (χ4n) is 1.04. The second-order valence-electron chi connectivity index (χ2n) is 2.65. The first kappa shape index (κ1) is 9.42. The molecule has 1 N–H and O–H groups in total. The van der Waals surface area contributed by atoms with Gasteiger partial charge in [-0.05, 0) is 29.0 Å². The fourth-order valence-corrected chi connectivity index (χ4v) is 1.45. The quantitative estimate of drug-likeness (QED) is 0.909. The zero-order valence-electron chi connectivity index (χ0n) is 7.45. The third-order valence-electron chi connectivity index (χ3n) is 1.65. The SMILES string of the molecule is CNCc1noc(-c2ccoc2Br)n1. The second kappa shape index (κ2) is 3.93. The lowest BCUT2D eigenvalue weighted by atomic mass is 10.3. The molecule has 2 rings (SSSR count). The maximum absolute atomic E-state index is 5.06. The smallest absolute Gasteiger partial charge is 0.262 e. The number of aromatic nitrogens is 2. The van der Waals surface area contributed by atoms with Gasteiger partial charge in [0.25, 0.3) is 5.89 Å². The van der Waals surface area contributed by atoms with E-state index in [1.807, 2.05) is 7.05 Å². The normalized spacial score (nSPS) is 10.7. The van der Waals surface area contributed by atoms with Gasteiger partial charge >= 0.3 is 0 Å². The van der Waals surface area contributed by atoms with Crippen molar-refractivity contribution in [2.45, 2.75) is 6.54 Å². The summed E-state index contributed by atoms with van der Waals surface area (Å²) < 4.78 is 10.7. The predicted molar refractivity (Wildman–Crippen MR) is 52.5 cm³/mol. The van der Waals surface area contributed by atoms with Gasteiger partial charge in [0.15, 0.2) is 10.5 Å². The van der Waals surface area contributed by atoms with E-state index in [1.54, 1.807) is 12.3 Å². The Labute approximate surface area is 88.6 Å². The van der Waals surface area contributed by atoms with Crippen LogP contribution in [0.5, 0.6) is 0 Å². The van der Waals surface area contributed by atoms with Crippen LogP contribution in [0.15, 0.2) is 25.9 Å². The van der Waals surface area contributed by atoms with E-state index in [0.29, 0.717) is 22.9 Å². The maximum Gasteiger partial charge on any atom is 0.262 e. The van der Waals surface area contributed by atoms with Crippen LogP contribution in [0.3, 0.4) is 0 Å². The third-order valence-corrected chi connectivity index (χ3v) is 2.27. The molecule has 5 nitrogen and oxygen atoms in total. The molecule has 0 unspecified atom stereocenters. The molecule has 0 radical (unpaired) electrons. The van der Waals surface area contributed by atoms with Gasteiger partial charge in [-0.3, -0.25) is 0 Å². The molecule has 0 bridgehead atoms. The molecule has 0 amide bonds. The highest BCUT2D eigenvalue weighted by atomic mass is 79.9. The van der Waals surface area contributed by atoms with Crippen LogP contribution in [0.25, 0.3) is 11.5 Å². The summed E-state index contributed by atoms with van der Waals surface area (Å²) in [4.78, 5) is 4.17. The molecule has 2 aromatic rings. The van der Waals surface area contributed by atoms with Crippen molar-refractivity contribution in [2.24, 2.45) is 0 Å². The molecule has 0 atom stereocenters. The minimum absolute atomic E-state index is 0.455. The highest BCUT2D eigenvalue weighted by Gasteiger charge is 2.13. The minimum Gasteiger partial charge on any atom is -0.457 e. The largest absolute Gasteiger partial charge is 0.457 e. The van der Waals surface area contributed by atoms with Gasteiger partial charge in [-0.15, -0.1) is 0 Å². The first-order valence-electron chi connectivity index (χ1n) is 4.02. The van der Waals surface area contributed by atoms with Crippen molar-refractivity contribution in [3.05, 3.63) is 22.8 Å². The molecule has 74 valence electrons. The zero-order valence-corrected chi connectivity index (χ0v) is 9.04. The predicted octanol–water partition coefficient (Wildman–Crippen LogP) is 1.81. The molecule has 0 saturated heterocycles. The summed E-state index contributed by atoms with van der Waals surface area (Å²) in [5.41, 5.74) is 0.764. The Morgan fingerprint density at radius 1 is 1.57 bits per heavy atom. The lowest BCUT2D eigenvalue weighted by molar-refractivity contribution is 0.419. The number of nitrogens with zero attached hydrogens (tertiary/aromatic N) is 2. The van der Waals surface area contributed by atoms with Crippen LogP contribution in [-0.4, -0.2) is 17.2 Å². The molecule has 0 aliphatic rings. The van der Waals surface area contributed by atoms with Crippen molar-refractivity contribution in [1.29, 1.82) is 0 Å². The molecule has 0 aliphatic carbocycles. The van der Waals surface area contributed by atoms with Crippen LogP contribution < -0.4 is 5.32 Å². The lowest BCUT2D eigenvalue weighted by Gasteiger charge is -1.87. The average molecular weight is 258 g/mol. The maximum atomic E-state index is 5.06. The highest BCUT2D eigenvalue weighted by Crippen LogP contribution is 2.27. The van der Waals surface area contributed by atoms with Crippen LogP contribution in [0, 0.1) is 0 Å². The molecule has 0 aliphatic heterocycles. The summed E-state index contributed by atoms with van der Waals surface area (Å²) in [6.07, 6.45) is 1.56. The number of rotatable bonds is 3. The Bertz CT molecular complexity index is 424. The number of furan rings is 1. The van der Waals surface area contributed by atoms with Gasteiger partial charge in [0, 0.05) is 0 Å². The Kier molecular flexibility index (Phi) is 2.64. The van der Waals surface area contributed by atoms with Crippen molar-refractivity contribution >= 4 is 15.9 Å². The molecular weight excluding hydrogens is 250 g/mol. The second-order valence-corrected chi connectivity index (χ2v) is 3.37.